The molecule has 1 unspecified atom stereocenters. The van der Waals surface area contributed by atoms with Crippen molar-refractivity contribution in [2.24, 2.45) is 23.7 Å². The van der Waals surface area contributed by atoms with E-state index < -0.39 is 6.16 Å². The quantitative estimate of drug-likeness (QED) is 0.0306. The van der Waals surface area contributed by atoms with Crippen LogP contribution in [-0.4, -0.2) is 43.5 Å². The molecule has 8 nitrogen and oxygen atoms in total. The van der Waals surface area contributed by atoms with Crippen molar-refractivity contribution in [2.75, 3.05) is 19.8 Å². The van der Waals surface area contributed by atoms with E-state index in [9.17, 15) is 14.4 Å². The third-order valence-corrected chi connectivity index (χ3v) is 12.6. The third-order valence-electron chi connectivity index (χ3n) is 12.6. The van der Waals surface area contributed by atoms with Gasteiger partial charge in [-0.2, -0.15) is 0 Å². The van der Waals surface area contributed by atoms with E-state index in [1.165, 1.54) is 83.5 Å². The van der Waals surface area contributed by atoms with Crippen molar-refractivity contribution in [1.82, 2.24) is 0 Å². The molecular formula is C51H88O8. The second-order valence-corrected chi connectivity index (χ2v) is 19.1. The maximum atomic E-state index is 12.9. The summed E-state index contributed by atoms with van der Waals surface area (Å²) in [5, 5.41) is 0. The SMILES string of the molecule is CCCCCCCCCCOC(=O)CCCCCC(=O)OCC(C)COC(=O)Oc1c(C)c(C)c2c(c1C)CC[C@@](C)(CCC[C@H](C)CCC[C@H](C)CCCC(C)C)O2. The molecule has 1 aromatic carbocycles. The summed E-state index contributed by atoms with van der Waals surface area (Å²) in [7, 11) is 0. The molecule has 0 saturated heterocycles. The van der Waals surface area contributed by atoms with Crippen LogP contribution in [0.1, 0.15) is 218 Å². The molecule has 0 amide bonds. The monoisotopic (exact) mass is 829 g/mol. The Morgan fingerprint density at radius 3 is 1.78 bits per heavy atom. The topological polar surface area (TPSA) is 97.4 Å². The summed E-state index contributed by atoms with van der Waals surface area (Å²) >= 11 is 0. The summed E-state index contributed by atoms with van der Waals surface area (Å²) in [6.07, 6.45) is 25.1. The molecule has 0 N–H and O–H groups in total. The van der Waals surface area contributed by atoms with Crippen molar-refractivity contribution in [3.63, 3.8) is 0 Å². The fourth-order valence-electron chi connectivity index (χ4n) is 8.30. The smallest absolute Gasteiger partial charge is 0.487 e. The first-order valence-corrected chi connectivity index (χ1v) is 24.1. The van der Waals surface area contributed by atoms with E-state index in [0.29, 0.717) is 38.0 Å². The Balaban J connectivity index is 1.65. The van der Waals surface area contributed by atoms with E-state index in [1.54, 1.807) is 0 Å². The highest BCUT2D eigenvalue weighted by Crippen LogP contribution is 2.45. The summed E-state index contributed by atoms with van der Waals surface area (Å²) < 4.78 is 28.8. The number of unbranched alkanes of at least 4 members (excludes halogenated alkanes) is 9. The van der Waals surface area contributed by atoms with Crippen LogP contribution in [0.15, 0.2) is 0 Å². The van der Waals surface area contributed by atoms with Crippen LogP contribution in [-0.2, 0) is 30.2 Å². The first-order chi connectivity index (χ1) is 28.2. The number of hydrogen-bond acceptors (Lipinski definition) is 8. The van der Waals surface area contributed by atoms with E-state index >= 15 is 0 Å². The standard InChI is InChI=1S/C51H88O8/c1-11-12-13-14-15-16-17-21-35-55-46(52)30-19-18-20-31-47(53)56-36-41(6)37-57-50(54)58-48-42(7)43(8)49-45(44(48)9)32-34-51(10,59-49)33-24-29-40(5)28-23-27-39(4)26-22-25-38(2)3/h38-41H,11-37H2,1-10H3/t39-,40-,41?,51-/m1/s1. The molecule has 0 radical (unpaired) electrons. The molecule has 0 saturated carbocycles. The van der Waals surface area contributed by atoms with Crippen LogP contribution in [0.5, 0.6) is 11.5 Å². The second kappa shape index (κ2) is 29.5. The van der Waals surface area contributed by atoms with Crippen LogP contribution >= 0.6 is 0 Å². The molecule has 340 valence electrons. The molecular weight excluding hydrogens is 741 g/mol. The summed E-state index contributed by atoms with van der Waals surface area (Å²) in [5.74, 6) is 3.24. The van der Waals surface area contributed by atoms with Gasteiger partial charge in [-0.25, -0.2) is 4.79 Å². The summed E-state index contributed by atoms with van der Waals surface area (Å²) in [5.41, 5.74) is 3.71. The molecule has 0 aromatic heterocycles. The molecule has 4 atom stereocenters. The van der Waals surface area contributed by atoms with Crippen molar-refractivity contribution >= 4 is 18.1 Å². The van der Waals surface area contributed by atoms with E-state index in [0.717, 1.165) is 90.7 Å². The van der Waals surface area contributed by atoms with Crippen molar-refractivity contribution in [2.45, 2.75) is 229 Å². The number of fused-ring (bicyclic) bond motifs is 1. The lowest BCUT2D eigenvalue weighted by molar-refractivity contribution is -0.145. The van der Waals surface area contributed by atoms with Crippen molar-refractivity contribution in [1.29, 1.82) is 0 Å². The largest absolute Gasteiger partial charge is 0.513 e. The Labute approximate surface area is 361 Å². The summed E-state index contributed by atoms with van der Waals surface area (Å²) in [6, 6.07) is 0. The first-order valence-electron chi connectivity index (χ1n) is 24.1. The fourth-order valence-corrected chi connectivity index (χ4v) is 8.30. The van der Waals surface area contributed by atoms with E-state index in [4.69, 9.17) is 23.7 Å². The highest BCUT2D eigenvalue weighted by Gasteiger charge is 2.35. The van der Waals surface area contributed by atoms with Crippen LogP contribution in [0.3, 0.4) is 0 Å². The predicted molar refractivity (Wildman–Crippen MR) is 241 cm³/mol. The maximum Gasteiger partial charge on any atom is 0.513 e. The van der Waals surface area contributed by atoms with Gasteiger partial charge in [0.15, 0.2) is 0 Å². The van der Waals surface area contributed by atoms with Crippen LogP contribution < -0.4 is 9.47 Å². The minimum absolute atomic E-state index is 0.0762. The van der Waals surface area contributed by atoms with E-state index in [1.807, 2.05) is 27.7 Å². The van der Waals surface area contributed by atoms with Gasteiger partial charge in [0.1, 0.15) is 23.7 Å². The van der Waals surface area contributed by atoms with Gasteiger partial charge in [0.05, 0.1) is 13.2 Å². The minimum atomic E-state index is -0.763. The first kappa shape index (κ1) is 52.4. The number of hydrogen-bond donors (Lipinski definition) is 0. The Morgan fingerprint density at radius 2 is 1.15 bits per heavy atom. The van der Waals surface area contributed by atoms with Gasteiger partial charge >= 0.3 is 18.1 Å². The number of esters is 2. The van der Waals surface area contributed by atoms with Crippen LogP contribution in [0.25, 0.3) is 0 Å². The zero-order valence-electron chi connectivity index (χ0n) is 39.7. The molecule has 59 heavy (non-hydrogen) atoms. The van der Waals surface area contributed by atoms with Crippen LogP contribution in [0.2, 0.25) is 0 Å². The predicted octanol–water partition coefficient (Wildman–Crippen LogP) is 14.5. The molecule has 0 fully saturated rings. The number of carbonyl (C=O) groups is 3. The normalized spacial score (nSPS) is 16.5. The lowest BCUT2D eigenvalue weighted by Crippen LogP contribution is -2.37. The number of rotatable bonds is 32. The summed E-state index contributed by atoms with van der Waals surface area (Å²) in [6.45, 7) is 22.6. The molecule has 1 heterocycles. The lowest BCUT2D eigenvalue weighted by atomic mass is 9.83. The molecule has 2 rings (SSSR count). The molecule has 0 spiro atoms. The molecule has 1 aliphatic heterocycles. The van der Waals surface area contributed by atoms with Gasteiger partial charge in [-0.3, -0.25) is 9.59 Å². The molecule has 0 aliphatic carbocycles. The average Bonchev–Trinajstić information content (AvgIpc) is 3.19. The highest BCUT2D eigenvalue weighted by molar-refractivity contribution is 5.70. The van der Waals surface area contributed by atoms with Crippen molar-refractivity contribution in [3.8, 4) is 11.5 Å². The Hall–Kier alpha value is -2.77. The fraction of sp³-hybridized carbons (Fsp3) is 0.824. The zero-order valence-corrected chi connectivity index (χ0v) is 39.7. The van der Waals surface area contributed by atoms with Crippen molar-refractivity contribution in [3.05, 3.63) is 22.3 Å². The Bertz CT molecular complexity index is 1350. The van der Waals surface area contributed by atoms with Gasteiger partial charge < -0.3 is 23.7 Å². The van der Waals surface area contributed by atoms with E-state index in [-0.39, 0.29) is 36.7 Å². The lowest BCUT2D eigenvalue weighted by Gasteiger charge is -2.38. The zero-order chi connectivity index (χ0) is 43.6. The molecule has 0 bridgehead atoms. The van der Waals surface area contributed by atoms with Gasteiger partial charge in [0.25, 0.3) is 0 Å². The average molecular weight is 829 g/mol. The number of benzene rings is 1. The van der Waals surface area contributed by atoms with Gasteiger partial charge in [-0.1, -0.05) is 138 Å². The van der Waals surface area contributed by atoms with Gasteiger partial charge in [0, 0.05) is 24.3 Å². The number of ether oxygens (including phenoxy) is 5. The van der Waals surface area contributed by atoms with Crippen molar-refractivity contribution < 1.29 is 38.1 Å². The maximum absolute atomic E-state index is 12.9. The van der Waals surface area contributed by atoms with Gasteiger partial charge in [-0.15, -0.1) is 0 Å². The Kier molecular flexibility index (Phi) is 26.2. The second-order valence-electron chi connectivity index (χ2n) is 19.1. The molecule has 1 aliphatic rings. The van der Waals surface area contributed by atoms with Gasteiger partial charge in [0.2, 0.25) is 0 Å². The van der Waals surface area contributed by atoms with Crippen LogP contribution in [0.4, 0.5) is 4.79 Å². The molecule has 1 aromatic rings. The van der Waals surface area contributed by atoms with Crippen LogP contribution in [0, 0.1) is 44.4 Å². The third kappa shape index (κ3) is 22.1. The minimum Gasteiger partial charge on any atom is -0.487 e. The van der Waals surface area contributed by atoms with Gasteiger partial charge in [-0.05, 0) is 107 Å². The summed E-state index contributed by atoms with van der Waals surface area (Å²) in [4.78, 5) is 37.2. The van der Waals surface area contributed by atoms with E-state index in [2.05, 4.69) is 41.5 Å². The Morgan fingerprint density at radius 1 is 0.610 bits per heavy atom. The number of carbonyl (C=O) groups excluding carboxylic acids is 3. The highest BCUT2D eigenvalue weighted by atomic mass is 16.7. The molecule has 8 heteroatoms.